The number of rotatable bonds is 2. The number of carbonyl (C=O) groups is 1. The van der Waals surface area contributed by atoms with Crippen molar-refractivity contribution in [2.45, 2.75) is 6.42 Å². The molecular formula is C10H12ClN3O3. The fourth-order valence-electron chi connectivity index (χ4n) is 1.90. The number of carboxylic acids is 1. The van der Waals surface area contributed by atoms with Crippen LogP contribution in [0.2, 0.25) is 5.02 Å². The fourth-order valence-corrected chi connectivity index (χ4v) is 2.19. The molecule has 0 amide bonds. The Balaban J connectivity index is 2.28. The zero-order valence-electron chi connectivity index (χ0n) is 9.26. The molecule has 1 aliphatic rings. The summed E-state index contributed by atoms with van der Waals surface area (Å²) in [5, 5.41) is 12.9. The van der Waals surface area contributed by atoms with Gasteiger partial charge >= 0.3 is 5.97 Å². The van der Waals surface area contributed by atoms with Crippen LogP contribution in [0.1, 0.15) is 6.42 Å². The average Bonchev–Trinajstić information content (AvgIpc) is 2.75. The van der Waals surface area contributed by atoms with E-state index in [-0.39, 0.29) is 10.6 Å². The van der Waals surface area contributed by atoms with Crippen LogP contribution in [-0.4, -0.2) is 33.9 Å². The zero-order valence-corrected chi connectivity index (χ0v) is 10.0. The van der Waals surface area contributed by atoms with E-state index >= 15 is 0 Å². The number of aryl methyl sites for hydroxylation is 1. The Labute approximate surface area is 102 Å². The van der Waals surface area contributed by atoms with E-state index in [1.807, 2.05) is 0 Å². The van der Waals surface area contributed by atoms with Crippen LogP contribution in [0.15, 0.2) is 11.0 Å². The van der Waals surface area contributed by atoms with Gasteiger partial charge in [-0.15, -0.1) is 0 Å². The minimum absolute atomic E-state index is 0.0912. The molecule has 1 aromatic heterocycles. The van der Waals surface area contributed by atoms with Crippen molar-refractivity contribution in [1.82, 2.24) is 9.78 Å². The molecule has 0 aromatic carbocycles. The van der Waals surface area contributed by atoms with Crippen molar-refractivity contribution in [2.75, 3.05) is 18.0 Å². The zero-order chi connectivity index (χ0) is 12.6. The predicted octanol–water partition coefficient (Wildman–Crippen LogP) is 0.345. The van der Waals surface area contributed by atoms with Crippen molar-refractivity contribution in [3.63, 3.8) is 0 Å². The summed E-state index contributed by atoms with van der Waals surface area (Å²) in [6.07, 6.45) is 2.05. The summed E-state index contributed by atoms with van der Waals surface area (Å²) in [7, 11) is 1.52. The Hall–Kier alpha value is -1.56. The van der Waals surface area contributed by atoms with E-state index in [1.54, 1.807) is 4.90 Å². The molecule has 1 aliphatic heterocycles. The summed E-state index contributed by atoms with van der Waals surface area (Å²) < 4.78 is 1.15. The third-order valence-electron chi connectivity index (χ3n) is 2.94. The van der Waals surface area contributed by atoms with Crippen molar-refractivity contribution >= 4 is 23.3 Å². The second kappa shape index (κ2) is 4.37. The summed E-state index contributed by atoms with van der Waals surface area (Å²) >= 11 is 5.94. The normalized spacial score (nSPS) is 19.6. The van der Waals surface area contributed by atoms with E-state index in [1.165, 1.54) is 13.2 Å². The minimum Gasteiger partial charge on any atom is -0.481 e. The van der Waals surface area contributed by atoms with Crippen LogP contribution in [0.5, 0.6) is 0 Å². The first-order valence-corrected chi connectivity index (χ1v) is 5.58. The monoisotopic (exact) mass is 257 g/mol. The molecular weight excluding hydrogens is 246 g/mol. The first-order chi connectivity index (χ1) is 8.00. The van der Waals surface area contributed by atoms with Crippen molar-refractivity contribution in [3.05, 3.63) is 21.6 Å². The third-order valence-corrected chi connectivity index (χ3v) is 3.29. The fraction of sp³-hybridized carbons (Fsp3) is 0.500. The highest BCUT2D eigenvalue weighted by Gasteiger charge is 2.29. The molecule has 1 aromatic rings. The topological polar surface area (TPSA) is 75.4 Å². The standard InChI is InChI=1S/C10H12ClN3O3/c1-13-9(15)8(11)7(4-12-13)14-3-2-6(5-14)10(16)17/h4,6H,2-3,5H2,1H3,(H,16,17)/t6-/m0/s1. The maximum Gasteiger partial charge on any atom is 0.308 e. The number of halogens is 1. The number of hydrogen-bond acceptors (Lipinski definition) is 4. The number of anilines is 1. The van der Waals surface area contributed by atoms with E-state index in [0.717, 1.165) is 4.68 Å². The smallest absolute Gasteiger partial charge is 0.308 e. The predicted molar refractivity (Wildman–Crippen MR) is 62.4 cm³/mol. The van der Waals surface area contributed by atoms with Gasteiger partial charge in [0.05, 0.1) is 17.8 Å². The van der Waals surface area contributed by atoms with Gasteiger partial charge in [-0.2, -0.15) is 5.10 Å². The molecule has 17 heavy (non-hydrogen) atoms. The van der Waals surface area contributed by atoms with Gasteiger partial charge in [-0.25, -0.2) is 4.68 Å². The molecule has 1 N–H and O–H groups in total. The van der Waals surface area contributed by atoms with Crippen LogP contribution < -0.4 is 10.5 Å². The highest BCUT2D eigenvalue weighted by Crippen LogP contribution is 2.27. The molecule has 6 nitrogen and oxygen atoms in total. The summed E-state index contributed by atoms with van der Waals surface area (Å²) in [5.74, 6) is -1.23. The van der Waals surface area contributed by atoms with Crippen molar-refractivity contribution in [1.29, 1.82) is 0 Å². The number of aromatic nitrogens is 2. The van der Waals surface area contributed by atoms with E-state index < -0.39 is 11.9 Å². The van der Waals surface area contributed by atoms with Crippen LogP contribution in [0, 0.1) is 5.92 Å². The van der Waals surface area contributed by atoms with Crippen LogP contribution in [-0.2, 0) is 11.8 Å². The maximum absolute atomic E-state index is 11.6. The lowest BCUT2D eigenvalue weighted by atomic mass is 10.1. The van der Waals surface area contributed by atoms with Gasteiger partial charge in [0.1, 0.15) is 5.02 Å². The molecule has 1 atom stereocenters. The molecule has 0 bridgehead atoms. The van der Waals surface area contributed by atoms with Crippen molar-refractivity contribution in [2.24, 2.45) is 13.0 Å². The van der Waals surface area contributed by atoms with Gasteiger partial charge in [-0.3, -0.25) is 9.59 Å². The molecule has 1 fully saturated rings. The van der Waals surface area contributed by atoms with Crippen LogP contribution in [0.4, 0.5) is 5.69 Å². The number of hydrogen-bond donors (Lipinski definition) is 1. The van der Waals surface area contributed by atoms with Crippen molar-refractivity contribution in [3.8, 4) is 0 Å². The molecule has 2 heterocycles. The number of nitrogens with zero attached hydrogens (tertiary/aromatic N) is 3. The van der Waals surface area contributed by atoms with Gasteiger partial charge in [-0.1, -0.05) is 11.6 Å². The lowest BCUT2D eigenvalue weighted by Gasteiger charge is -2.18. The summed E-state index contributed by atoms with van der Waals surface area (Å²) in [5.41, 5.74) is 0.140. The van der Waals surface area contributed by atoms with Crippen LogP contribution in [0.25, 0.3) is 0 Å². The van der Waals surface area contributed by atoms with E-state index in [0.29, 0.717) is 25.2 Å². The second-order valence-electron chi connectivity index (χ2n) is 4.04. The average molecular weight is 258 g/mol. The molecule has 1 saturated heterocycles. The molecule has 0 aliphatic carbocycles. The summed E-state index contributed by atoms with van der Waals surface area (Å²) in [6, 6.07) is 0. The van der Waals surface area contributed by atoms with Crippen molar-refractivity contribution < 1.29 is 9.90 Å². The van der Waals surface area contributed by atoms with Gasteiger partial charge in [0, 0.05) is 20.1 Å². The Morgan fingerprint density at radius 2 is 2.35 bits per heavy atom. The largest absolute Gasteiger partial charge is 0.481 e. The van der Waals surface area contributed by atoms with Gasteiger partial charge in [0.15, 0.2) is 0 Å². The molecule has 92 valence electrons. The molecule has 0 unspecified atom stereocenters. The van der Waals surface area contributed by atoms with E-state index in [9.17, 15) is 9.59 Å². The number of carboxylic acid groups (broad SMARTS) is 1. The highest BCUT2D eigenvalue weighted by molar-refractivity contribution is 6.33. The minimum atomic E-state index is -0.819. The quantitative estimate of drug-likeness (QED) is 0.827. The molecule has 0 radical (unpaired) electrons. The Morgan fingerprint density at radius 1 is 1.65 bits per heavy atom. The highest BCUT2D eigenvalue weighted by atomic mass is 35.5. The second-order valence-corrected chi connectivity index (χ2v) is 4.42. The Bertz CT molecular complexity index is 514. The lowest BCUT2D eigenvalue weighted by Crippen LogP contribution is -2.27. The van der Waals surface area contributed by atoms with Crippen LogP contribution >= 0.6 is 11.6 Å². The molecule has 2 rings (SSSR count). The Kier molecular flexibility index (Phi) is 3.06. The van der Waals surface area contributed by atoms with Gasteiger partial charge in [-0.05, 0) is 6.42 Å². The third kappa shape index (κ3) is 2.12. The first-order valence-electron chi connectivity index (χ1n) is 5.20. The maximum atomic E-state index is 11.6. The van der Waals surface area contributed by atoms with Crippen LogP contribution in [0.3, 0.4) is 0 Å². The van der Waals surface area contributed by atoms with E-state index in [4.69, 9.17) is 16.7 Å². The summed E-state index contributed by atoms with van der Waals surface area (Å²) in [4.78, 5) is 24.2. The van der Waals surface area contributed by atoms with Gasteiger partial charge in [0.25, 0.3) is 5.56 Å². The van der Waals surface area contributed by atoms with Gasteiger partial charge < -0.3 is 10.0 Å². The Morgan fingerprint density at radius 3 is 2.94 bits per heavy atom. The lowest BCUT2D eigenvalue weighted by molar-refractivity contribution is -0.140. The van der Waals surface area contributed by atoms with E-state index in [2.05, 4.69) is 5.10 Å². The van der Waals surface area contributed by atoms with Gasteiger partial charge in [0.2, 0.25) is 0 Å². The summed E-state index contributed by atoms with van der Waals surface area (Å²) in [6.45, 7) is 0.940. The molecule has 0 spiro atoms. The molecule has 0 saturated carbocycles. The molecule has 7 heteroatoms. The first kappa shape index (κ1) is 11.9. The SMILES string of the molecule is Cn1ncc(N2CC[C@H](C(=O)O)C2)c(Cl)c1=O. The number of aliphatic carboxylic acids is 1.